The number of esters is 1. The third-order valence-electron chi connectivity index (χ3n) is 2.84. The summed E-state index contributed by atoms with van der Waals surface area (Å²) in [4.78, 5) is 16.4. The van der Waals surface area contributed by atoms with Gasteiger partial charge in [-0.15, -0.1) is 11.3 Å². The Kier molecular flexibility index (Phi) is 3.71. The molecule has 0 aliphatic rings. The molecule has 1 heterocycles. The van der Waals surface area contributed by atoms with Gasteiger partial charge in [-0.3, -0.25) is 0 Å². The first kappa shape index (κ1) is 13.7. The molecule has 19 heavy (non-hydrogen) atoms. The van der Waals surface area contributed by atoms with E-state index in [4.69, 9.17) is 4.74 Å². The molecule has 0 amide bonds. The first-order valence-corrected chi connectivity index (χ1v) is 6.95. The Balaban J connectivity index is 2.48. The fraction of sp³-hybridized carbons (Fsp3) is 0.333. The van der Waals surface area contributed by atoms with Crippen molar-refractivity contribution < 1.29 is 9.53 Å². The second-order valence-corrected chi connectivity index (χ2v) is 6.18. The van der Waals surface area contributed by atoms with Gasteiger partial charge in [0, 0.05) is 16.4 Å². The van der Waals surface area contributed by atoms with Crippen LogP contribution >= 0.6 is 11.3 Å². The maximum atomic E-state index is 11.8. The number of carbonyl (C=O) groups excluding carboxylic acids is 1. The van der Waals surface area contributed by atoms with E-state index in [1.807, 2.05) is 23.6 Å². The number of carbonyl (C=O) groups is 1. The van der Waals surface area contributed by atoms with Crippen molar-refractivity contribution in [2.45, 2.75) is 26.2 Å². The van der Waals surface area contributed by atoms with Crippen LogP contribution in [0.3, 0.4) is 0 Å². The number of rotatable bonds is 2. The topological polar surface area (TPSA) is 39.2 Å². The van der Waals surface area contributed by atoms with Gasteiger partial charge >= 0.3 is 5.97 Å². The van der Waals surface area contributed by atoms with Crippen molar-refractivity contribution in [3.8, 4) is 10.6 Å². The molecule has 0 saturated heterocycles. The van der Waals surface area contributed by atoms with E-state index in [0.717, 1.165) is 16.3 Å². The highest BCUT2D eigenvalue weighted by molar-refractivity contribution is 7.13. The molecule has 0 aliphatic heterocycles. The molecule has 0 atom stereocenters. The molecule has 4 heteroatoms. The third kappa shape index (κ3) is 2.84. The smallest absolute Gasteiger partial charge is 0.338 e. The van der Waals surface area contributed by atoms with Crippen LogP contribution in [0, 0.1) is 0 Å². The van der Waals surface area contributed by atoms with Gasteiger partial charge in [0.05, 0.1) is 18.4 Å². The van der Waals surface area contributed by atoms with E-state index in [-0.39, 0.29) is 11.4 Å². The summed E-state index contributed by atoms with van der Waals surface area (Å²) < 4.78 is 4.81. The Hall–Kier alpha value is -1.68. The van der Waals surface area contributed by atoms with Crippen LogP contribution in [0.1, 0.15) is 36.8 Å². The Bertz CT molecular complexity index is 596. The van der Waals surface area contributed by atoms with E-state index in [2.05, 4.69) is 25.8 Å². The van der Waals surface area contributed by atoms with Crippen LogP contribution < -0.4 is 0 Å². The van der Waals surface area contributed by atoms with E-state index in [0.29, 0.717) is 5.56 Å². The van der Waals surface area contributed by atoms with Gasteiger partial charge < -0.3 is 4.74 Å². The third-order valence-corrected chi connectivity index (χ3v) is 3.71. The summed E-state index contributed by atoms with van der Waals surface area (Å²) in [5.41, 5.74) is 2.43. The lowest BCUT2D eigenvalue weighted by Crippen LogP contribution is -2.11. The molecule has 100 valence electrons. The fourth-order valence-electron chi connectivity index (χ4n) is 1.70. The summed E-state index contributed by atoms with van der Waals surface area (Å²) in [5, 5.41) is 2.90. The molecule has 0 aliphatic carbocycles. The molecule has 1 aromatic carbocycles. The number of benzene rings is 1. The van der Waals surface area contributed by atoms with Crippen molar-refractivity contribution in [3.05, 3.63) is 40.9 Å². The highest BCUT2D eigenvalue weighted by Gasteiger charge is 2.20. The highest BCUT2D eigenvalue weighted by atomic mass is 32.1. The minimum absolute atomic E-state index is 0.00889. The first-order chi connectivity index (χ1) is 8.93. The van der Waals surface area contributed by atoms with Crippen LogP contribution in [0.2, 0.25) is 0 Å². The molecular weight excluding hydrogens is 258 g/mol. The van der Waals surface area contributed by atoms with Crippen molar-refractivity contribution in [2.24, 2.45) is 0 Å². The zero-order chi connectivity index (χ0) is 14.0. The lowest BCUT2D eigenvalue weighted by Gasteiger charge is -2.14. The molecule has 3 nitrogen and oxygen atoms in total. The minimum Gasteiger partial charge on any atom is -0.465 e. The number of methoxy groups -OCH3 is 1. The van der Waals surface area contributed by atoms with Crippen molar-refractivity contribution in [1.29, 1.82) is 0 Å². The molecule has 0 spiro atoms. The highest BCUT2D eigenvalue weighted by Crippen LogP contribution is 2.31. The van der Waals surface area contributed by atoms with Gasteiger partial charge in [-0.2, -0.15) is 0 Å². The van der Waals surface area contributed by atoms with E-state index < -0.39 is 0 Å². The largest absolute Gasteiger partial charge is 0.465 e. The summed E-state index contributed by atoms with van der Waals surface area (Å²) in [5.74, 6) is -0.330. The van der Waals surface area contributed by atoms with Crippen LogP contribution in [0.5, 0.6) is 0 Å². The summed E-state index contributed by atoms with van der Waals surface area (Å²) >= 11 is 1.55. The SMILES string of the molecule is COC(=O)c1ccccc1-c1nc(C(C)(C)C)cs1. The maximum absolute atomic E-state index is 11.8. The second kappa shape index (κ2) is 5.13. The maximum Gasteiger partial charge on any atom is 0.338 e. The molecule has 2 aromatic rings. The van der Waals surface area contributed by atoms with Crippen LogP contribution in [0.15, 0.2) is 29.6 Å². The Morgan fingerprint density at radius 1 is 1.26 bits per heavy atom. The normalized spacial score (nSPS) is 11.4. The van der Waals surface area contributed by atoms with E-state index in [1.54, 1.807) is 17.4 Å². The van der Waals surface area contributed by atoms with Gasteiger partial charge in [0.1, 0.15) is 5.01 Å². The predicted octanol–water partition coefficient (Wildman–Crippen LogP) is 3.89. The number of hydrogen-bond donors (Lipinski definition) is 0. The number of aromatic nitrogens is 1. The van der Waals surface area contributed by atoms with Crippen molar-refractivity contribution >= 4 is 17.3 Å². The van der Waals surface area contributed by atoms with Gasteiger partial charge in [0.15, 0.2) is 0 Å². The molecule has 0 bridgehead atoms. The van der Waals surface area contributed by atoms with E-state index >= 15 is 0 Å². The second-order valence-electron chi connectivity index (χ2n) is 5.33. The molecule has 0 saturated carbocycles. The number of ether oxygens (including phenoxy) is 1. The van der Waals surface area contributed by atoms with Gasteiger partial charge in [0.2, 0.25) is 0 Å². The molecule has 2 rings (SSSR count). The Labute approximate surface area is 117 Å². The fourth-order valence-corrected chi connectivity index (χ4v) is 2.79. The summed E-state index contributed by atoms with van der Waals surface area (Å²) in [6.45, 7) is 6.37. The summed E-state index contributed by atoms with van der Waals surface area (Å²) in [7, 11) is 1.39. The molecule has 0 fully saturated rings. The van der Waals surface area contributed by atoms with Crippen molar-refractivity contribution in [1.82, 2.24) is 4.98 Å². The van der Waals surface area contributed by atoms with Gasteiger partial charge in [-0.05, 0) is 6.07 Å². The van der Waals surface area contributed by atoms with Crippen molar-refractivity contribution in [2.75, 3.05) is 7.11 Å². The molecular formula is C15H17NO2S. The molecule has 0 unspecified atom stereocenters. The quantitative estimate of drug-likeness (QED) is 0.780. The van der Waals surface area contributed by atoms with Gasteiger partial charge in [0.25, 0.3) is 0 Å². The van der Waals surface area contributed by atoms with Gasteiger partial charge in [-0.1, -0.05) is 39.0 Å². The Morgan fingerprint density at radius 3 is 2.53 bits per heavy atom. The minimum atomic E-state index is -0.330. The van der Waals surface area contributed by atoms with Crippen molar-refractivity contribution in [3.63, 3.8) is 0 Å². The summed E-state index contributed by atoms with van der Waals surface area (Å²) in [6.07, 6.45) is 0. The van der Waals surface area contributed by atoms with Crippen LogP contribution in [-0.2, 0) is 10.2 Å². The van der Waals surface area contributed by atoms with E-state index in [1.165, 1.54) is 7.11 Å². The molecule has 0 radical (unpaired) electrons. The lowest BCUT2D eigenvalue weighted by atomic mass is 9.93. The summed E-state index contributed by atoms with van der Waals surface area (Å²) in [6, 6.07) is 7.39. The average molecular weight is 275 g/mol. The number of thiazole rings is 1. The lowest BCUT2D eigenvalue weighted by molar-refractivity contribution is 0.0601. The Morgan fingerprint density at radius 2 is 1.95 bits per heavy atom. The van der Waals surface area contributed by atoms with E-state index in [9.17, 15) is 4.79 Å². The standard InChI is InChI=1S/C15H17NO2S/c1-15(2,3)12-9-19-13(16-12)10-7-5-6-8-11(10)14(17)18-4/h5-9H,1-4H3. The van der Waals surface area contributed by atoms with Gasteiger partial charge in [-0.25, -0.2) is 9.78 Å². The average Bonchev–Trinajstić information content (AvgIpc) is 2.87. The zero-order valence-corrected chi connectivity index (χ0v) is 12.4. The zero-order valence-electron chi connectivity index (χ0n) is 11.6. The number of nitrogens with zero attached hydrogens (tertiary/aromatic N) is 1. The first-order valence-electron chi connectivity index (χ1n) is 6.07. The molecule has 1 aromatic heterocycles. The monoisotopic (exact) mass is 275 g/mol. The van der Waals surface area contributed by atoms with Crippen LogP contribution in [0.4, 0.5) is 0 Å². The molecule has 0 N–H and O–H groups in total. The number of hydrogen-bond acceptors (Lipinski definition) is 4. The van der Waals surface area contributed by atoms with Crippen LogP contribution in [-0.4, -0.2) is 18.1 Å². The predicted molar refractivity (Wildman–Crippen MR) is 77.6 cm³/mol. The van der Waals surface area contributed by atoms with Crippen LogP contribution in [0.25, 0.3) is 10.6 Å².